The van der Waals surface area contributed by atoms with Gasteiger partial charge in [-0.2, -0.15) is 13.2 Å². The Morgan fingerprint density at radius 1 is 1.42 bits per heavy atom. The molecule has 1 aromatic rings. The van der Waals surface area contributed by atoms with E-state index in [1.165, 1.54) is 6.07 Å². The third-order valence-corrected chi connectivity index (χ3v) is 3.83. The van der Waals surface area contributed by atoms with E-state index >= 15 is 0 Å². The second-order valence-electron chi connectivity index (χ2n) is 5.87. The number of nitrogens with one attached hydrogen (secondary N) is 1. The van der Waals surface area contributed by atoms with Gasteiger partial charge in [-0.1, -0.05) is 12.1 Å². The summed E-state index contributed by atoms with van der Waals surface area (Å²) in [7, 11) is -1.43. The molecule has 6 nitrogen and oxygen atoms in total. The Morgan fingerprint density at radius 2 is 2.15 bits per heavy atom. The zero-order valence-electron chi connectivity index (χ0n) is 14.1. The van der Waals surface area contributed by atoms with Gasteiger partial charge in [0, 0.05) is 12.8 Å². The van der Waals surface area contributed by atoms with E-state index in [9.17, 15) is 27.8 Å². The molecule has 1 amide bonds. The van der Waals surface area contributed by atoms with E-state index in [0.717, 1.165) is 0 Å². The molecule has 142 valence electrons. The molecule has 0 bridgehead atoms. The van der Waals surface area contributed by atoms with Gasteiger partial charge >= 0.3 is 19.3 Å². The molecule has 0 saturated carbocycles. The summed E-state index contributed by atoms with van der Waals surface area (Å²) in [6.07, 6.45) is -5.82. The summed E-state index contributed by atoms with van der Waals surface area (Å²) in [6.45, 7) is 1.84. The number of alkyl halides is 3. The van der Waals surface area contributed by atoms with Crippen LogP contribution in [0.3, 0.4) is 0 Å². The van der Waals surface area contributed by atoms with Gasteiger partial charge in [-0.05, 0) is 31.4 Å². The second kappa shape index (κ2) is 8.44. The minimum atomic E-state index is -4.31. The van der Waals surface area contributed by atoms with Crippen LogP contribution in [0.25, 0.3) is 0 Å². The van der Waals surface area contributed by atoms with Crippen molar-refractivity contribution in [3.8, 4) is 5.75 Å². The van der Waals surface area contributed by atoms with Crippen LogP contribution >= 0.6 is 0 Å². The van der Waals surface area contributed by atoms with E-state index in [2.05, 4.69) is 5.32 Å². The minimum Gasteiger partial charge on any atom is -0.534 e. The Kier molecular flexibility index (Phi) is 6.52. The van der Waals surface area contributed by atoms with Crippen LogP contribution in [0.2, 0.25) is 0 Å². The van der Waals surface area contributed by atoms with Crippen LogP contribution in [0.4, 0.5) is 13.2 Å². The molecule has 1 aliphatic heterocycles. The van der Waals surface area contributed by atoms with Crippen molar-refractivity contribution >= 4 is 19.0 Å². The van der Waals surface area contributed by atoms with E-state index < -0.39 is 37.5 Å². The number of ether oxygens (including phenoxy) is 1. The fourth-order valence-electron chi connectivity index (χ4n) is 2.65. The van der Waals surface area contributed by atoms with E-state index in [0.29, 0.717) is 5.56 Å². The largest absolute Gasteiger partial charge is 0.547 e. The summed E-state index contributed by atoms with van der Waals surface area (Å²) in [5, 5.41) is 12.6. The molecule has 0 fully saturated rings. The van der Waals surface area contributed by atoms with Crippen LogP contribution in [-0.4, -0.2) is 42.7 Å². The van der Waals surface area contributed by atoms with Crippen molar-refractivity contribution in [2.75, 3.05) is 6.61 Å². The van der Waals surface area contributed by atoms with Crippen molar-refractivity contribution < 1.29 is 37.2 Å². The van der Waals surface area contributed by atoms with Gasteiger partial charge in [-0.15, -0.1) is 0 Å². The Balaban J connectivity index is 2.00. The molecule has 0 saturated heterocycles. The summed E-state index contributed by atoms with van der Waals surface area (Å²) >= 11 is 0. The highest BCUT2D eigenvalue weighted by Gasteiger charge is 2.38. The first kappa shape index (κ1) is 20.1. The lowest BCUT2D eigenvalue weighted by Crippen LogP contribution is -2.53. The molecule has 0 unspecified atom stereocenters. The molecule has 10 heteroatoms. The summed E-state index contributed by atoms with van der Waals surface area (Å²) in [5.41, 5.74) is 0.750. The monoisotopic (exact) mass is 373 g/mol. The summed E-state index contributed by atoms with van der Waals surface area (Å²) in [6, 6.07) is 4.79. The quantitative estimate of drug-likeness (QED) is 0.589. The van der Waals surface area contributed by atoms with Crippen LogP contribution in [0.1, 0.15) is 42.1 Å². The standard InChI is InChI=1S/C16H19BF3NO5/c1-2-25-15(23)11-6-3-5-10-9-12(17(24)26-14(10)11)21-13(22)7-4-8-16(18,19)20/h3,5-6,12,24H,2,4,7-9H2,1H3,(H,21,22)/t12-/m0/s1. The van der Waals surface area contributed by atoms with Gasteiger partial charge in [0.25, 0.3) is 0 Å². The van der Waals surface area contributed by atoms with Crippen molar-refractivity contribution in [2.45, 2.75) is 44.7 Å². The predicted molar refractivity (Wildman–Crippen MR) is 86.5 cm³/mol. The smallest absolute Gasteiger partial charge is 0.534 e. The van der Waals surface area contributed by atoms with Crippen molar-refractivity contribution in [2.24, 2.45) is 0 Å². The van der Waals surface area contributed by atoms with Gasteiger partial charge in [0.05, 0.1) is 12.5 Å². The molecule has 1 aromatic carbocycles. The molecule has 2 rings (SSSR count). The van der Waals surface area contributed by atoms with E-state index in [4.69, 9.17) is 9.39 Å². The highest BCUT2D eigenvalue weighted by atomic mass is 19.4. The molecule has 1 atom stereocenters. The summed E-state index contributed by atoms with van der Waals surface area (Å²) in [5.74, 6) is -1.84. The number of esters is 1. The van der Waals surface area contributed by atoms with Gasteiger partial charge in [-0.25, -0.2) is 4.79 Å². The first-order chi connectivity index (χ1) is 12.2. The Bertz CT molecular complexity index is 668. The average Bonchev–Trinajstić information content (AvgIpc) is 2.54. The number of halogens is 3. The third-order valence-electron chi connectivity index (χ3n) is 3.83. The summed E-state index contributed by atoms with van der Waals surface area (Å²) in [4.78, 5) is 23.7. The molecule has 26 heavy (non-hydrogen) atoms. The van der Waals surface area contributed by atoms with Crippen LogP contribution in [0.15, 0.2) is 18.2 Å². The molecular formula is C16H19BF3NO5. The number of hydrogen-bond donors (Lipinski definition) is 2. The molecule has 1 aliphatic rings. The highest BCUT2D eigenvalue weighted by Crippen LogP contribution is 2.30. The fourth-order valence-corrected chi connectivity index (χ4v) is 2.65. The number of fused-ring (bicyclic) bond motifs is 1. The maximum Gasteiger partial charge on any atom is 0.547 e. The Labute approximate surface area is 148 Å². The number of rotatable bonds is 6. The molecule has 0 aromatic heterocycles. The SMILES string of the molecule is CCOC(=O)c1cccc2c1OB(O)[C@@H](NC(=O)CCCC(F)(F)F)C2. The first-order valence-electron chi connectivity index (χ1n) is 8.21. The molecule has 2 N–H and O–H groups in total. The zero-order chi connectivity index (χ0) is 19.3. The van der Waals surface area contributed by atoms with Crippen molar-refractivity contribution in [1.82, 2.24) is 5.32 Å². The van der Waals surface area contributed by atoms with Crippen molar-refractivity contribution in [3.63, 3.8) is 0 Å². The lowest BCUT2D eigenvalue weighted by Gasteiger charge is -2.29. The number of carbonyl (C=O) groups excluding carboxylic acids is 2. The Hall–Kier alpha value is -2.23. The van der Waals surface area contributed by atoms with Crippen LogP contribution in [-0.2, 0) is 16.0 Å². The fraction of sp³-hybridized carbons (Fsp3) is 0.500. The number of para-hydroxylation sites is 1. The van der Waals surface area contributed by atoms with Crippen molar-refractivity contribution in [3.05, 3.63) is 29.3 Å². The lowest BCUT2D eigenvalue weighted by atomic mass is 9.72. The van der Waals surface area contributed by atoms with E-state index in [1.54, 1.807) is 19.1 Å². The second-order valence-corrected chi connectivity index (χ2v) is 5.87. The minimum absolute atomic E-state index is 0.165. The topological polar surface area (TPSA) is 84.9 Å². The van der Waals surface area contributed by atoms with Crippen molar-refractivity contribution in [1.29, 1.82) is 0 Å². The normalized spacial score (nSPS) is 16.5. The van der Waals surface area contributed by atoms with E-state index in [1.807, 2.05) is 0 Å². The van der Waals surface area contributed by atoms with Gasteiger partial charge < -0.3 is 19.7 Å². The maximum atomic E-state index is 12.1. The van der Waals surface area contributed by atoms with Gasteiger partial charge in [0.1, 0.15) is 11.3 Å². The Morgan fingerprint density at radius 3 is 2.81 bits per heavy atom. The van der Waals surface area contributed by atoms with Gasteiger partial charge in [0.2, 0.25) is 5.91 Å². The van der Waals surface area contributed by atoms with Gasteiger partial charge in [0.15, 0.2) is 0 Å². The van der Waals surface area contributed by atoms with E-state index in [-0.39, 0.29) is 37.2 Å². The van der Waals surface area contributed by atoms with Crippen LogP contribution in [0, 0.1) is 0 Å². The number of benzene rings is 1. The zero-order valence-corrected chi connectivity index (χ0v) is 14.1. The number of carbonyl (C=O) groups is 2. The maximum absolute atomic E-state index is 12.1. The molecular weight excluding hydrogens is 354 g/mol. The first-order valence-corrected chi connectivity index (χ1v) is 8.21. The van der Waals surface area contributed by atoms with Gasteiger partial charge in [-0.3, -0.25) is 4.79 Å². The number of hydrogen-bond acceptors (Lipinski definition) is 5. The highest BCUT2D eigenvalue weighted by molar-refractivity contribution is 6.47. The molecule has 0 spiro atoms. The average molecular weight is 373 g/mol. The summed E-state index contributed by atoms with van der Waals surface area (Å²) < 4.78 is 46.7. The van der Waals surface area contributed by atoms with Crippen LogP contribution < -0.4 is 9.97 Å². The molecule has 1 heterocycles. The molecule has 0 aliphatic carbocycles. The predicted octanol–water partition coefficient (Wildman–Crippen LogP) is 2.04. The van der Waals surface area contributed by atoms with Crippen LogP contribution in [0.5, 0.6) is 5.75 Å². The number of amides is 1. The molecule has 0 radical (unpaired) electrons. The third kappa shape index (κ3) is 5.39. The lowest BCUT2D eigenvalue weighted by molar-refractivity contribution is -0.137.